The summed E-state index contributed by atoms with van der Waals surface area (Å²) in [5, 5.41) is 13.7. The fourth-order valence-electron chi connectivity index (χ4n) is 2.03. The van der Waals surface area contributed by atoms with Crippen LogP contribution in [0.25, 0.3) is 0 Å². The number of benzene rings is 1. The third kappa shape index (κ3) is 2.48. The van der Waals surface area contributed by atoms with Crippen molar-refractivity contribution in [1.29, 1.82) is 0 Å². The molecular formula is C12H15N3O3. The average Bonchev–Trinajstić information content (AvgIpc) is 2.38. The number of hydrogen-bond acceptors (Lipinski definition) is 4. The van der Waals surface area contributed by atoms with Crippen molar-refractivity contribution in [1.82, 2.24) is 10.2 Å². The molecule has 1 aromatic carbocycles. The highest BCUT2D eigenvalue weighted by Gasteiger charge is 2.24. The van der Waals surface area contributed by atoms with E-state index in [4.69, 9.17) is 0 Å². The summed E-state index contributed by atoms with van der Waals surface area (Å²) in [6.07, 6.45) is 0. The fraction of sp³-hybridized carbons (Fsp3) is 0.417. The average molecular weight is 249 g/mol. The van der Waals surface area contributed by atoms with E-state index in [9.17, 15) is 14.9 Å². The summed E-state index contributed by atoms with van der Waals surface area (Å²) in [7, 11) is 0. The molecule has 0 bridgehead atoms. The van der Waals surface area contributed by atoms with E-state index in [1.165, 1.54) is 24.3 Å². The second-order valence-corrected chi connectivity index (χ2v) is 4.36. The first-order valence-electron chi connectivity index (χ1n) is 5.85. The van der Waals surface area contributed by atoms with Gasteiger partial charge in [0.15, 0.2) is 0 Å². The lowest BCUT2D eigenvalue weighted by Crippen LogP contribution is -2.52. The van der Waals surface area contributed by atoms with Gasteiger partial charge in [0.1, 0.15) is 0 Å². The van der Waals surface area contributed by atoms with Crippen LogP contribution in [0, 0.1) is 10.1 Å². The Kier molecular flexibility index (Phi) is 3.57. The highest BCUT2D eigenvalue weighted by atomic mass is 16.6. The molecule has 0 spiro atoms. The molecule has 0 saturated carbocycles. The van der Waals surface area contributed by atoms with Gasteiger partial charge >= 0.3 is 0 Å². The number of piperazine rings is 1. The smallest absolute Gasteiger partial charge is 0.269 e. The minimum absolute atomic E-state index is 0.0000840. The van der Waals surface area contributed by atoms with Crippen molar-refractivity contribution in [3.63, 3.8) is 0 Å². The first kappa shape index (κ1) is 12.5. The van der Waals surface area contributed by atoms with Gasteiger partial charge in [-0.25, -0.2) is 0 Å². The maximum Gasteiger partial charge on any atom is 0.269 e. The molecule has 1 N–H and O–H groups in total. The third-order valence-electron chi connectivity index (χ3n) is 3.09. The van der Waals surface area contributed by atoms with E-state index in [2.05, 4.69) is 5.32 Å². The molecule has 0 unspecified atom stereocenters. The summed E-state index contributed by atoms with van der Waals surface area (Å²) < 4.78 is 0. The highest BCUT2D eigenvalue weighted by Crippen LogP contribution is 2.15. The molecule has 1 aromatic rings. The van der Waals surface area contributed by atoms with Gasteiger partial charge in [0, 0.05) is 43.4 Å². The number of hydrogen-bond donors (Lipinski definition) is 1. The molecule has 1 fully saturated rings. The van der Waals surface area contributed by atoms with Crippen molar-refractivity contribution in [3.8, 4) is 0 Å². The van der Waals surface area contributed by atoms with Gasteiger partial charge in [-0.05, 0) is 19.1 Å². The number of non-ortho nitro benzene ring substituents is 1. The number of carbonyl (C=O) groups is 1. The molecule has 96 valence electrons. The van der Waals surface area contributed by atoms with Gasteiger partial charge in [0.05, 0.1) is 4.92 Å². The Bertz CT molecular complexity index is 458. The number of nitrogens with zero attached hydrogens (tertiary/aromatic N) is 2. The zero-order valence-electron chi connectivity index (χ0n) is 10.1. The van der Waals surface area contributed by atoms with E-state index in [0.717, 1.165) is 13.1 Å². The largest absolute Gasteiger partial charge is 0.333 e. The number of nitro benzene ring substituents is 1. The van der Waals surface area contributed by atoms with Gasteiger partial charge < -0.3 is 10.2 Å². The van der Waals surface area contributed by atoms with E-state index >= 15 is 0 Å². The SMILES string of the molecule is C[C@H]1CNCCN1C(=O)c1ccc([N+](=O)[O-])cc1. The molecule has 6 nitrogen and oxygen atoms in total. The molecule has 1 aliphatic rings. The van der Waals surface area contributed by atoms with E-state index in [-0.39, 0.29) is 17.6 Å². The molecule has 2 rings (SSSR count). The van der Waals surface area contributed by atoms with Crippen molar-refractivity contribution < 1.29 is 9.72 Å². The summed E-state index contributed by atoms with van der Waals surface area (Å²) in [5.74, 6) is -0.0705. The van der Waals surface area contributed by atoms with E-state index in [1.54, 1.807) is 4.90 Å². The van der Waals surface area contributed by atoms with Crippen LogP contribution in [-0.4, -0.2) is 41.4 Å². The van der Waals surface area contributed by atoms with Crippen LogP contribution in [-0.2, 0) is 0 Å². The van der Waals surface area contributed by atoms with E-state index in [0.29, 0.717) is 12.1 Å². The van der Waals surface area contributed by atoms with Crippen molar-refractivity contribution in [2.75, 3.05) is 19.6 Å². The zero-order valence-corrected chi connectivity index (χ0v) is 10.1. The Labute approximate surface area is 105 Å². The molecule has 0 radical (unpaired) electrons. The normalized spacial score (nSPS) is 19.6. The van der Waals surface area contributed by atoms with Crippen LogP contribution >= 0.6 is 0 Å². The van der Waals surface area contributed by atoms with Crippen LogP contribution < -0.4 is 5.32 Å². The Balaban J connectivity index is 2.15. The Morgan fingerprint density at radius 1 is 1.44 bits per heavy atom. The third-order valence-corrected chi connectivity index (χ3v) is 3.09. The molecule has 6 heteroatoms. The van der Waals surface area contributed by atoms with Gasteiger partial charge in [0.2, 0.25) is 0 Å². The maximum atomic E-state index is 12.2. The Morgan fingerprint density at radius 2 is 2.11 bits per heavy atom. The lowest BCUT2D eigenvalue weighted by molar-refractivity contribution is -0.384. The number of nitro groups is 1. The topological polar surface area (TPSA) is 75.5 Å². The molecule has 1 aliphatic heterocycles. The predicted octanol–water partition coefficient (Wildman–Crippen LogP) is 1.03. The maximum absolute atomic E-state index is 12.2. The van der Waals surface area contributed by atoms with Gasteiger partial charge in [-0.1, -0.05) is 0 Å². The lowest BCUT2D eigenvalue weighted by Gasteiger charge is -2.34. The van der Waals surface area contributed by atoms with Gasteiger partial charge in [0.25, 0.3) is 11.6 Å². The quantitative estimate of drug-likeness (QED) is 0.627. The second kappa shape index (κ2) is 5.14. The monoisotopic (exact) mass is 249 g/mol. The summed E-state index contributed by atoms with van der Waals surface area (Å²) in [4.78, 5) is 24.1. The van der Waals surface area contributed by atoms with Crippen molar-refractivity contribution in [3.05, 3.63) is 39.9 Å². The fourth-order valence-corrected chi connectivity index (χ4v) is 2.03. The van der Waals surface area contributed by atoms with Crippen LogP contribution in [0.1, 0.15) is 17.3 Å². The van der Waals surface area contributed by atoms with Crippen molar-refractivity contribution in [2.45, 2.75) is 13.0 Å². The van der Waals surface area contributed by atoms with Gasteiger partial charge in [-0.2, -0.15) is 0 Å². The standard InChI is InChI=1S/C12H15N3O3/c1-9-8-13-6-7-14(9)12(16)10-2-4-11(5-3-10)15(17)18/h2-5,9,13H,6-8H2,1H3/t9-/m0/s1. The van der Waals surface area contributed by atoms with E-state index < -0.39 is 4.92 Å². The summed E-state index contributed by atoms with van der Waals surface area (Å²) >= 11 is 0. The first-order chi connectivity index (χ1) is 8.59. The molecule has 0 aromatic heterocycles. The van der Waals surface area contributed by atoms with Crippen molar-refractivity contribution >= 4 is 11.6 Å². The molecule has 1 amide bonds. The molecular weight excluding hydrogens is 234 g/mol. The molecule has 1 atom stereocenters. The molecule has 18 heavy (non-hydrogen) atoms. The number of carbonyl (C=O) groups excluding carboxylic acids is 1. The minimum atomic E-state index is -0.471. The van der Waals surface area contributed by atoms with Crippen LogP contribution in [0.15, 0.2) is 24.3 Å². The zero-order chi connectivity index (χ0) is 13.1. The highest BCUT2D eigenvalue weighted by molar-refractivity contribution is 5.94. The van der Waals surface area contributed by atoms with Crippen LogP contribution in [0.4, 0.5) is 5.69 Å². The number of nitrogens with one attached hydrogen (secondary N) is 1. The minimum Gasteiger partial charge on any atom is -0.333 e. The number of amides is 1. The molecule has 1 saturated heterocycles. The van der Waals surface area contributed by atoms with Crippen LogP contribution in [0.3, 0.4) is 0 Å². The van der Waals surface area contributed by atoms with Crippen LogP contribution in [0.2, 0.25) is 0 Å². The summed E-state index contributed by atoms with van der Waals surface area (Å²) in [6.45, 7) is 4.20. The van der Waals surface area contributed by atoms with Gasteiger partial charge in [-0.15, -0.1) is 0 Å². The molecule has 0 aliphatic carbocycles. The predicted molar refractivity (Wildman–Crippen MR) is 66.5 cm³/mol. The summed E-state index contributed by atoms with van der Waals surface area (Å²) in [5.41, 5.74) is 0.495. The first-order valence-corrected chi connectivity index (χ1v) is 5.85. The lowest BCUT2D eigenvalue weighted by atomic mass is 10.1. The Hall–Kier alpha value is -1.95. The number of rotatable bonds is 2. The van der Waals surface area contributed by atoms with E-state index in [1.807, 2.05) is 6.92 Å². The van der Waals surface area contributed by atoms with Gasteiger partial charge in [-0.3, -0.25) is 14.9 Å². The molecule has 1 heterocycles. The second-order valence-electron chi connectivity index (χ2n) is 4.36. The summed E-state index contributed by atoms with van der Waals surface area (Å²) in [6, 6.07) is 5.88. The Morgan fingerprint density at radius 3 is 2.67 bits per heavy atom. The van der Waals surface area contributed by atoms with Crippen LogP contribution in [0.5, 0.6) is 0 Å². The van der Waals surface area contributed by atoms with Crippen molar-refractivity contribution in [2.24, 2.45) is 0 Å².